The van der Waals surface area contributed by atoms with Gasteiger partial charge in [0.25, 0.3) is 0 Å². The summed E-state index contributed by atoms with van der Waals surface area (Å²) in [7, 11) is 0. The van der Waals surface area contributed by atoms with E-state index in [0.717, 1.165) is 28.4 Å². The third kappa shape index (κ3) is 12.3. The predicted octanol–water partition coefficient (Wildman–Crippen LogP) is 30.1. The molecule has 0 bridgehead atoms. The number of benzene rings is 18. The van der Waals surface area contributed by atoms with Gasteiger partial charge in [0.2, 0.25) is 0 Å². The number of hydrogen-bond acceptors (Lipinski definition) is 2. The number of aromatic nitrogens is 1. The molecule has 1 heterocycles. The Kier molecular flexibility index (Phi) is 17.9. The molecular weight excluding hydrogens is 1390 g/mol. The number of nitrogens with zero attached hydrogens (tertiary/aromatic N) is 3. The number of rotatable bonds is 15. The van der Waals surface area contributed by atoms with Crippen molar-refractivity contribution in [2.45, 2.75) is 24.7 Å². The number of fused-ring (bicyclic) bond motifs is 9. The fourth-order valence-corrected chi connectivity index (χ4v) is 18.4. The van der Waals surface area contributed by atoms with Crippen LogP contribution < -0.4 is 9.80 Å². The van der Waals surface area contributed by atoms with Crippen LogP contribution in [0.25, 0.3) is 117 Å². The van der Waals surface area contributed by atoms with E-state index >= 15 is 0 Å². The maximum Gasteiger partial charge on any atom is 0.0713 e. The molecule has 19 aromatic rings. The molecule has 2 aliphatic rings. The van der Waals surface area contributed by atoms with Gasteiger partial charge in [-0.25, -0.2) is 0 Å². The van der Waals surface area contributed by atoms with E-state index in [2.05, 4.69) is 483 Å². The van der Waals surface area contributed by atoms with Crippen LogP contribution in [0.1, 0.15) is 47.2 Å². The summed E-state index contributed by atoms with van der Waals surface area (Å²) < 4.78 is 2.39. The maximum absolute atomic E-state index is 2.46. The van der Waals surface area contributed by atoms with Crippen LogP contribution in [0.5, 0.6) is 0 Å². The Morgan fingerprint density at radius 2 is 0.565 bits per heavy atom. The molecule has 0 saturated heterocycles. The van der Waals surface area contributed by atoms with E-state index in [-0.39, 0.29) is 5.41 Å². The van der Waals surface area contributed by atoms with Gasteiger partial charge in [-0.1, -0.05) is 372 Å². The molecule has 0 amide bonds. The summed E-state index contributed by atoms with van der Waals surface area (Å²) in [4.78, 5) is 4.81. The topological polar surface area (TPSA) is 11.4 Å². The van der Waals surface area contributed by atoms with Crippen LogP contribution in [0.3, 0.4) is 0 Å². The minimum Gasteiger partial charge on any atom is -0.311 e. The van der Waals surface area contributed by atoms with Crippen LogP contribution in [0.15, 0.2) is 455 Å². The van der Waals surface area contributed by atoms with Gasteiger partial charge in [-0.15, -0.1) is 0 Å². The Labute approximate surface area is 673 Å². The van der Waals surface area contributed by atoms with Gasteiger partial charge < -0.3 is 14.4 Å². The van der Waals surface area contributed by atoms with E-state index in [1.54, 1.807) is 0 Å². The van der Waals surface area contributed by atoms with Crippen LogP contribution in [-0.4, -0.2) is 4.57 Å². The SMILES string of the molecule is CC1(C)c2ccccc2-c2c(N(c3ccc(-c4ccccc4)cc3)c3ccc(-c4ccccc4)cc3)ccc(-c3ccc4c(c3)c3ccccc3n4-c3ccccc3)c21.c1ccc(-c2ccc(N(c3ccc(-c4ccccc4)cc3)c3ccc(-c4cccc5c4-c4ccccc4C5(c4ccccc4)c4ccccc4)cc3)cc2)cc1. The van der Waals surface area contributed by atoms with Crippen LogP contribution in [-0.2, 0) is 10.8 Å². The lowest BCUT2D eigenvalue weighted by Crippen LogP contribution is -2.28. The quantitative estimate of drug-likeness (QED) is 0.101. The van der Waals surface area contributed by atoms with E-state index in [9.17, 15) is 0 Å². The van der Waals surface area contributed by atoms with Gasteiger partial charge in [0.15, 0.2) is 0 Å². The van der Waals surface area contributed by atoms with Crippen molar-refractivity contribution in [3.63, 3.8) is 0 Å². The third-order valence-electron chi connectivity index (χ3n) is 23.8. The maximum atomic E-state index is 2.46. The summed E-state index contributed by atoms with van der Waals surface area (Å²) in [6.45, 7) is 4.80. The summed E-state index contributed by atoms with van der Waals surface area (Å²) in [5, 5.41) is 2.51. The first-order chi connectivity index (χ1) is 56.8. The van der Waals surface area contributed by atoms with Gasteiger partial charge in [0.05, 0.1) is 22.1 Å². The Morgan fingerprint density at radius 3 is 1.04 bits per heavy atom. The molecule has 0 spiro atoms. The van der Waals surface area contributed by atoms with Crippen LogP contribution in [0.2, 0.25) is 0 Å². The van der Waals surface area contributed by atoms with Gasteiger partial charge in [0.1, 0.15) is 0 Å². The van der Waals surface area contributed by atoms with E-state index in [1.807, 2.05) is 0 Å². The van der Waals surface area contributed by atoms with Crippen molar-refractivity contribution in [3.8, 4) is 94.7 Å². The molecule has 0 fully saturated rings. The lowest BCUT2D eigenvalue weighted by molar-refractivity contribution is 0.662. The smallest absolute Gasteiger partial charge is 0.0713 e. The van der Waals surface area contributed by atoms with Gasteiger partial charge in [-0.2, -0.15) is 0 Å². The van der Waals surface area contributed by atoms with Gasteiger partial charge >= 0.3 is 0 Å². The first-order valence-electron chi connectivity index (χ1n) is 39.9. The predicted molar refractivity (Wildman–Crippen MR) is 484 cm³/mol. The van der Waals surface area contributed by atoms with Gasteiger partial charge in [0, 0.05) is 55.9 Å². The lowest BCUT2D eigenvalue weighted by atomic mass is 9.67. The van der Waals surface area contributed by atoms with Crippen molar-refractivity contribution in [1.82, 2.24) is 4.57 Å². The second-order valence-corrected chi connectivity index (χ2v) is 30.6. The van der Waals surface area contributed by atoms with Gasteiger partial charge in [-0.3, -0.25) is 0 Å². The van der Waals surface area contributed by atoms with E-state index in [1.165, 1.54) is 156 Å². The van der Waals surface area contributed by atoms with E-state index < -0.39 is 5.41 Å². The summed E-state index contributed by atoms with van der Waals surface area (Å²) >= 11 is 0. The highest BCUT2D eigenvalue weighted by Gasteiger charge is 2.47. The minimum absolute atomic E-state index is 0.246. The van der Waals surface area contributed by atoms with Crippen molar-refractivity contribution in [2.24, 2.45) is 0 Å². The first-order valence-corrected chi connectivity index (χ1v) is 39.9. The molecule has 0 radical (unpaired) electrons. The molecule has 3 heteroatoms. The zero-order valence-corrected chi connectivity index (χ0v) is 64.1. The highest BCUT2D eigenvalue weighted by molar-refractivity contribution is 6.11. The summed E-state index contributed by atoms with van der Waals surface area (Å²) in [6.07, 6.45) is 0. The highest BCUT2D eigenvalue weighted by atomic mass is 15.1. The van der Waals surface area contributed by atoms with Crippen LogP contribution >= 0.6 is 0 Å². The third-order valence-corrected chi connectivity index (χ3v) is 23.8. The second kappa shape index (κ2) is 29.6. The first kappa shape index (κ1) is 69.5. The van der Waals surface area contributed by atoms with E-state index in [0.29, 0.717) is 0 Å². The van der Waals surface area contributed by atoms with Crippen molar-refractivity contribution < 1.29 is 0 Å². The Bertz CT molecular complexity index is 6500. The highest BCUT2D eigenvalue weighted by Crippen LogP contribution is 2.60. The summed E-state index contributed by atoms with van der Waals surface area (Å²) in [6, 6.07) is 166. The number of para-hydroxylation sites is 2. The monoisotopic (exact) mass is 1470 g/mol. The molecule has 544 valence electrons. The average Bonchev–Trinajstić information content (AvgIpc) is 1.54. The standard InChI is InChI=1S/C57H42N2.C55H39N/c1-57(2)51-24-14-12-23-49(51)55-54(37-35-47(56(55)57)43-30-36-53-50(38-43)48-22-13-15-25-52(48)59(53)44-20-10-5-11-21-44)58(45-31-26-41(27-32-45)39-16-6-3-7-17-39)46-33-28-42(29-34-46)40-18-8-4-9-19-40;1-5-16-40(17-6-1)42-28-34-47(35-29-42)56(48-36-30-43(31-37-48)41-18-7-2-8-19-41)49-38-32-44(33-39-49)50-25-15-27-53-54(50)51-24-13-14-26-52(51)55(53,45-20-9-3-10-21-45)46-22-11-4-12-23-46/h3-38H,1-2H3;1-39H. The molecule has 0 unspecified atom stereocenters. The normalized spacial score (nSPS) is 12.6. The molecular formula is C112H81N3. The summed E-state index contributed by atoms with van der Waals surface area (Å²) in [5.41, 5.74) is 37.2. The molecule has 21 rings (SSSR count). The van der Waals surface area contributed by atoms with E-state index in [4.69, 9.17) is 0 Å². The largest absolute Gasteiger partial charge is 0.311 e. The average molecular weight is 1470 g/mol. The van der Waals surface area contributed by atoms with Gasteiger partial charge in [-0.05, 0) is 214 Å². The van der Waals surface area contributed by atoms with Crippen molar-refractivity contribution in [1.29, 1.82) is 0 Å². The molecule has 1 aromatic heterocycles. The fourth-order valence-electron chi connectivity index (χ4n) is 18.4. The van der Waals surface area contributed by atoms with Crippen molar-refractivity contribution >= 4 is 55.9 Å². The zero-order chi connectivity index (χ0) is 76.8. The Balaban J connectivity index is 0.000000149. The Morgan fingerprint density at radius 1 is 0.217 bits per heavy atom. The minimum atomic E-state index is -0.432. The molecule has 2 aliphatic carbocycles. The van der Waals surface area contributed by atoms with Crippen LogP contribution in [0, 0.1) is 0 Å². The molecule has 0 atom stereocenters. The second-order valence-electron chi connectivity index (χ2n) is 30.6. The molecule has 115 heavy (non-hydrogen) atoms. The molecule has 0 aliphatic heterocycles. The molecule has 3 nitrogen and oxygen atoms in total. The molecule has 0 N–H and O–H groups in total. The number of hydrogen-bond donors (Lipinski definition) is 0. The zero-order valence-electron chi connectivity index (χ0n) is 64.1. The van der Waals surface area contributed by atoms with Crippen LogP contribution in [0.4, 0.5) is 34.1 Å². The molecule has 0 saturated carbocycles. The fraction of sp³-hybridized carbons (Fsp3) is 0.0357. The molecule has 18 aromatic carbocycles. The Hall–Kier alpha value is -14.6. The number of anilines is 6. The van der Waals surface area contributed by atoms with Crippen molar-refractivity contribution in [2.75, 3.05) is 9.80 Å². The lowest BCUT2D eigenvalue weighted by Gasteiger charge is -2.34. The van der Waals surface area contributed by atoms with Crippen molar-refractivity contribution in [3.05, 3.63) is 488 Å². The summed E-state index contributed by atoms with van der Waals surface area (Å²) in [5.74, 6) is 0.